The number of rotatable bonds is 11. The number of hydrogen-bond donors (Lipinski definition) is 0. The molecular formula is C29H34ClNO5Si. The molecule has 0 fully saturated rings. The fourth-order valence-corrected chi connectivity index (χ4v) is 9.53. The predicted molar refractivity (Wildman–Crippen MR) is 150 cm³/mol. The van der Waals surface area contributed by atoms with Crippen LogP contribution in [0.3, 0.4) is 0 Å². The third kappa shape index (κ3) is 6.86. The van der Waals surface area contributed by atoms with Crippen LogP contribution in [-0.4, -0.2) is 32.4 Å². The third-order valence-corrected chi connectivity index (χ3v) is 11.7. The summed E-state index contributed by atoms with van der Waals surface area (Å²) in [5.74, 6) is -0.634. The fraction of sp³-hybridized carbons (Fsp3) is 0.345. The lowest BCUT2D eigenvalue weighted by Gasteiger charge is -2.43. The second-order valence-electron chi connectivity index (χ2n) is 10.1. The monoisotopic (exact) mass is 539 g/mol. The van der Waals surface area contributed by atoms with E-state index in [2.05, 4.69) is 45.0 Å². The largest absolute Gasteiger partial charge is 0.465 e. The summed E-state index contributed by atoms with van der Waals surface area (Å²) in [4.78, 5) is 23.3. The SMILES string of the molecule is CCC(=O)OCC(CO[Si](c1ccccc1)(c1ccccc1)C(C)(C)C)Cc1cc(Cl)ccc1[N+](=O)[O-]. The van der Waals surface area contributed by atoms with Crippen LogP contribution in [0.25, 0.3) is 0 Å². The van der Waals surface area contributed by atoms with Gasteiger partial charge in [-0.05, 0) is 34.0 Å². The number of carbonyl (C=O) groups is 1. The van der Waals surface area contributed by atoms with Crippen molar-refractivity contribution in [3.63, 3.8) is 0 Å². The first kappa shape index (κ1) is 28.6. The van der Waals surface area contributed by atoms with Crippen molar-refractivity contribution in [2.75, 3.05) is 13.2 Å². The van der Waals surface area contributed by atoms with Crippen molar-refractivity contribution in [3.8, 4) is 0 Å². The van der Waals surface area contributed by atoms with Crippen LogP contribution in [0.2, 0.25) is 10.1 Å². The molecule has 0 saturated heterocycles. The minimum atomic E-state index is -2.84. The lowest BCUT2D eigenvalue weighted by Crippen LogP contribution is -2.67. The van der Waals surface area contributed by atoms with Crippen LogP contribution in [0.5, 0.6) is 0 Å². The van der Waals surface area contributed by atoms with Crippen molar-refractivity contribution in [1.82, 2.24) is 0 Å². The van der Waals surface area contributed by atoms with Gasteiger partial charge in [0.2, 0.25) is 0 Å². The summed E-state index contributed by atoms with van der Waals surface area (Å²) in [5.41, 5.74) is 0.475. The van der Waals surface area contributed by atoms with Crippen LogP contribution in [0.1, 0.15) is 39.7 Å². The molecule has 0 N–H and O–H groups in total. The van der Waals surface area contributed by atoms with Crippen molar-refractivity contribution in [1.29, 1.82) is 0 Å². The molecule has 0 bridgehead atoms. The first-order valence-electron chi connectivity index (χ1n) is 12.4. The fourth-order valence-electron chi connectivity index (χ4n) is 4.69. The average molecular weight is 540 g/mol. The van der Waals surface area contributed by atoms with Gasteiger partial charge in [0.25, 0.3) is 14.0 Å². The minimum absolute atomic E-state index is 0.0123. The molecule has 1 unspecified atom stereocenters. The van der Waals surface area contributed by atoms with E-state index in [0.29, 0.717) is 10.6 Å². The van der Waals surface area contributed by atoms with E-state index in [4.69, 9.17) is 20.8 Å². The molecular weight excluding hydrogens is 506 g/mol. The standard InChI is InChI=1S/C29H34ClNO5Si/c1-5-28(32)35-20-22(18-23-19-24(30)16-17-27(23)31(33)34)21-36-37(29(2,3)4,25-12-8-6-9-13-25)26-14-10-7-11-15-26/h6-17,19,22H,5,18,20-21H2,1-4H3. The molecule has 3 aromatic carbocycles. The van der Waals surface area contributed by atoms with Gasteiger partial charge in [-0.15, -0.1) is 0 Å². The molecule has 6 nitrogen and oxygen atoms in total. The number of nitrogens with zero attached hydrogens (tertiary/aromatic N) is 1. The van der Waals surface area contributed by atoms with Gasteiger partial charge in [-0.1, -0.05) is 100.0 Å². The normalized spacial score (nSPS) is 12.7. The zero-order chi connectivity index (χ0) is 27.1. The first-order valence-corrected chi connectivity index (χ1v) is 14.7. The topological polar surface area (TPSA) is 78.7 Å². The van der Waals surface area contributed by atoms with Gasteiger partial charge in [0.15, 0.2) is 0 Å². The summed E-state index contributed by atoms with van der Waals surface area (Å²) >= 11 is 6.19. The van der Waals surface area contributed by atoms with Crippen molar-refractivity contribution < 1.29 is 18.9 Å². The molecule has 1 atom stereocenters. The number of halogens is 1. The number of nitro benzene ring substituents is 1. The van der Waals surface area contributed by atoms with Gasteiger partial charge in [-0.3, -0.25) is 14.9 Å². The molecule has 0 aliphatic carbocycles. The Balaban J connectivity index is 2.03. The maximum atomic E-state index is 12.0. The first-order chi connectivity index (χ1) is 17.6. The second kappa shape index (κ2) is 12.5. The highest BCUT2D eigenvalue weighted by atomic mass is 35.5. The molecule has 3 rings (SSSR count). The Morgan fingerprint density at radius 1 is 0.973 bits per heavy atom. The lowest BCUT2D eigenvalue weighted by atomic mass is 9.99. The maximum absolute atomic E-state index is 12.0. The van der Waals surface area contributed by atoms with Crippen molar-refractivity contribution in [3.05, 3.63) is 99.6 Å². The summed E-state index contributed by atoms with van der Waals surface area (Å²) in [6.07, 6.45) is 0.533. The van der Waals surface area contributed by atoms with E-state index in [9.17, 15) is 14.9 Å². The van der Waals surface area contributed by atoms with E-state index >= 15 is 0 Å². The van der Waals surface area contributed by atoms with Gasteiger partial charge < -0.3 is 9.16 Å². The van der Waals surface area contributed by atoms with Gasteiger partial charge in [0.1, 0.15) is 0 Å². The van der Waals surface area contributed by atoms with E-state index in [1.807, 2.05) is 36.4 Å². The number of esters is 1. The number of benzene rings is 3. The van der Waals surface area contributed by atoms with Crippen LogP contribution < -0.4 is 10.4 Å². The van der Waals surface area contributed by atoms with Crippen molar-refractivity contribution in [2.45, 2.75) is 45.6 Å². The second-order valence-corrected chi connectivity index (χ2v) is 14.9. The van der Waals surface area contributed by atoms with Gasteiger partial charge in [0, 0.05) is 35.6 Å². The van der Waals surface area contributed by atoms with Gasteiger partial charge in [-0.25, -0.2) is 0 Å². The molecule has 8 heteroatoms. The van der Waals surface area contributed by atoms with E-state index in [1.54, 1.807) is 13.0 Å². The highest BCUT2D eigenvalue weighted by Gasteiger charge is 2.50. The van der Waals surface area contributed by atoms with Crippen molar-refractivity contribution >= 4 is 41.9 Å². The zero-order valence-corrected chi connectivity index (χ0v) is 23.5. The number of ether oxygens (including phenoxy) is 1. The van der Waals surface area contributed by atoms with Crippen LogP contribution in [0.15, 0.2) is 78.9 Å². The Hall–Kier alpha value is -3.00. The molecule has 0 radical (unpaired) electrons. The zero-order valence-electron chi connectivity index (χ0n) is 21.8. The lowest BCUT2D eigenvalue weighted by molar-refractivity contribution is -0.385. The minimum Gasteiger partial charge on any atom is -0.465 e. The van der Waals surface area contributed by atoms with Crippen LogP contribution in [0, 0.1) is 16.0 Å². The Morgan fingerprint density at radius 2 is 1.54 bits per heavy atom. The molecule has 0 aromatic heterocycles. The van der Waals surface area contributed by atoms with E-state index in [1.165, 1.54) is 12.1 Å². The van der Waals surface area contributed by atoms with Gasteiger partial charge in [0.05, 0.1) is 11.5 Å². The maximum Gasteiger partial charge on any atom is 0.305 e. The number of hydrogen-bond acceptors (Lipinski definition) is 5. The molecule has 196 valence electrons. The molecule has 0 aliphatic heterocycles. The van der Waals surface area contributed by atoms with E-state index < -0.39 is 13.2 Å². The molecule has 0 spiro atoms. The molecule has 0 saturated carbocycles. The van der Waals surface area contributed by atoms with Crippen LogP contribution >= 0.6 is 11.6 Å². The van der Waals surface area contributed by atoms with Crippen molar-refractivity contribution in [2.24, 2.45) is 5.92 Å². The Bertz CT molecular complexity index is 1160. The Kier molecular flexibility index (Phi) is 9.65. The highest BCUT2D eigenvalue weighted by Crippen LogP contribution is 2.37. The molecule has 3 aromatic rings. The summed E-state index contributed by atoms with van der Waals surface area (Å²) in [6.45, 7) is 8.65. The van der Waals surface area contributed by atoms with Crippen LogP contribution in [0.4, 0.5) is 5.69 Å². The molecule has 0 aliphatic rings. The quantitative estimate of drug-likeness (QED) is 0.130. The summed E-state index contributed by atoms with van der Waals surface area (Å²) in [7, 11) is -2.84. The smallest absolute Gasteiger partial charge is 0.305 e. The predicted octanol–water partition coefficient (Wildman–Crippen LogP) is 5.94. The van der Waals surface area contributed by atoms with Crippen LogP contribution in [-0.2, 0) is 20.4 Å². The average Bonchev–Trinajstić information content (AvgIpc) is 2.87. The van der Waals surface area contributed by atoms with E-state index in [0.717, 1.165) is 10.4 Å². The molecule has 0 amide bonds. The third-order valence-electron chi connectivity index (χ3n) is 6.47. The van der Waals surface area contributed by atoms with E-state index in [-0.39, 0.29) is 48.7 Å². The summed E-state index contributed by atoms with van der Waals surface area (Å²) in [5, 5.41) is 14.1. The highest BCUT2D eigenvalue weighted by molar-refractivity contribution is 6.99. The van der Waals surface area contributed by atoms with Gasteiger partial charge >= 0.3 is 5.97 Å². The Labute approximate surface area is 224 Å². The summed E-state index contributed by atoms with van der Waals surface area (Å²) in [6, 6.07) is 25.0. The Morgan fingerprint density at radius 3 is 2.03 bits per heavy atom. The summed E-state index contributed by atoms with van der Waals surface area (Å²) < 4.78 is 12.6. The molecule has 37 heavy (non-hydrogen) atoms. The van der Waals surface area contributed by atoms with Gasteiger partial charge in [-0.2, -0.15) is 0 Å². The number of nitro groups is 1. The molecule has 0 heterocycles. The number of carbonyl (C=O) groups excluding carboxylic acids is 1.